The predicted octanol–water partition coefficient (Wildman–Crippen LogP) is 0.0137. The van der Waals surface area contributed by atoms with Gasteiger partial charge < -0.3 is 14.9 Å². The lowest BCUT2D eigenvalue weighted by molar-refractivity contribution is -0.141. The number of hydrogen-bond donors (Lipinski definition) is 1. The van der Waals surface area contributed by atoms with E-state index in [0.717, 1.165) is 6.54 Å². The molecule has 0 radical (unpaired) electrons. The maximum atomic E-state index is 11.5. The molecule has 0 spiro atoms. The van der Waals surface area contributed by atoms with E-state index in [1.165, 1.54) is 12.8 Å². The standard InChI is InChI=1S/C11H18N2O3/c1-12(9-2-3-9)4-5-13-7-8(11(15)16)6-10(13)14/h8-9H,2-7H2,1H3,(H,15,16). The zero-order valence-electron chi connectivity index (χ0n) is 9.56. The molecule has 5 nitrogen and oxygen atoms in total. The molecule has 1 N–H and O–H groups in total. The van der Waals surface area contributed by atoms with Crippen molar-refractivity contribution < 1.29 is 14.7 Å². The van der Waals surface area contributed by atoms with Gasteiger partial charge >= 0.3 is 5.97 Å². The monoisotopic (exact) mass is 226 g/mol. The zero-order chi connectivity index (χ0) is 11.7. The Bertz CT molecular complexity index is 302. The van der Waals surface area contributed by atoms with E-state index < -0.39 is 11.9 Å². The summed E-state index contributed by atoms with van der Waals surface area (Å²) in [5.41, 5.74) is 0. The molecule has 1 heterocycles. The molecule has 1 aliphatic heterocycles. The Morgan fingerprint density at radius 2 is 2.25 bits per heavy atom. The van der Waals surface area contributed by atoms with Crippen molar-refractivity contribution in [3.63, 3.8) is 0 Å². The molecular weight excluding hydrogens is 208 g/mol. The fourth-order valence-electron chi connectivity index (χ4n) is 2.13. The molecule has 1 atom stereocenters. The topological polar surface area (TPSA) is 60.9 Å². The first-order valence-electron chi connectivity index (χ1n) is 5.78. The summed E-state index contributed by atoms with van der Waals surface area (Å²) < 4.78 is 0. The molecule has 0 aromatic heterocycles. The molecule has 5 heteroatoms. The highest BCUT2D eigenvalue weighted by Crippen LogP contribution is 2.25. The average Bonchev–Trinajstić information content (AvgIpc) is 3.00. The van der Waals surface area contributed by atoms with Crippen LogP contribution in [0.25, 0.3) is 0 Å². The van der Waals surface area contributed by atoms with Crippen molar-refractivity contribution in [3.05, 3.63) is 0 Å². The van der Waals surface area contributed by atoms with Crippen LogP contribution in [-0.2, 0) is 9.59 Å². The molecule has 1 saturated heterocycles. The minimum atomic E-state index is -0.855. The van der Waals surface area contributed by atoms with E-state index in [1.54, 1.807) is 4.90 Å². The fraction of sp³-hybridized carbons (Fsp3) is 0.818. The first-order chi connectivity index (χ1) is 7.58. The van der Waals surface area contributed by atoms with Gasteiger partial charge in [-0.3, -0.25) is 9.59 Å². The molecule has 1 amide bonds. The van der Waals surface area contributed by atoms with Gasteiger partial charge in [-0.2, -0.15) is 0 Å². The summed E-state index contributed by atoms with van der Waals surface area (Å²) in [4.78, 5) is 26.2. The molecular formula is C11H18N2O3. The summed E-state index contributed by atoms with van der Waals surface area (Å²) >= 11 is 0. The second kappa shape index (κ2) is 4.41. The summed E-state index contributed by atoms with van der Waals surface area (Å²) in [5.74, 6) is -1.37. The van der Waals surface area contributed by atoms with E-state index in [1.807, 2.05) is 0 Å². The van der Waals surface area contributed by atoms with Gasteiger partial charge in [-0.05, 0) is 19.9 Å². The van der Waals surface area contributed by atoms with Crippen molar-refractivity contribution in [2.24, 2.45) is 5.92 Å². The molecule has 2 fully saturated rings. The van der Waals surface area contributed by atoms with Crippen molar-refractivity contribution in [2.75, 3.05) is 26.7 Å². The Balaban J connectivity index is 1.77. The third-order valence-electron chi connectivity index (χ3n) is 3.46. The Hall–Kier alpha value is -1.10. The maximum absolute atomic E-state index is 11.5. The molecule has 0 aromatic rings. The predicted molar refractivity (Wildman–Crippen MR) is 58.0 cm³/mol. The summed E-state index contributed by atoms with van der Waals surface area (Å²) in [6.07, 6.45) is 2.67. The lowest BCUT2D eigenvalue weighted by atomic mass is 10.1. The third kappa shape index (κ3) is 2.52. The number of carboxylic acid groups (broad SMARTS) is 1. The number of carbonyl (C=O) groups is 2. The van der Waals surface area contributed by atoms with E-state index in [4.69, 9.17) is 5.11 Å². The number of carbonyl (C=O) groups excluding carboxylic acids is 1. The largest absolute Gasteiger partial charge is 0.481 e. The first kappa shape index (κ1) is 11.4. The second-order valence-electron chi connectivity index (χ2n) is 4.79. The van der Waals surface area contributed by atoms with Gasteiger partial charge in [0.1, 0.15) is 0 Å². The number of carboxylic acids is 1. The van der Waals surface area contributed by atoms with E-state index in [-0.39, 0.29) is 12.3 Å². The number of likely N-dealkylation sites (tertiary alicyclic amines) is 1. The van der Waals surface area contributed by atoms with Gasteiger partial charge in [-0.1, -0.05) is 0 Å². The van der Waals surface area contributed by atoms with E-state index >= 15 is 0 Å². The summed E-state index contributed by atoms with van der Waals surface area (Å²) in [5, 5.41) is 8.84. The van der Waals surface area contributed by atoms with Crippen molar-refractivity contribution >= 4 is 11.9 Å². The molecule has 16 heavy (non-hydrogen) atoms. The SMILES string of the molecule is CN(CCN1CC(C(=O)O)CC1=O)C1CC1. The molecule has 0 aromatic carbocycles. The van der Waals surface area contributed by atoms with Crippen LogP contribution in [0.4, 0.5) is 0 Å². The van der Waals surface area contributed by atoms with Gasteiger partial charge in [0.25, 0.3) is 0 Å². The summed E-state index contributed by atoms with van der Waals surface area (Å²) in [6, 6.07) is 0.688. The minimum Gasteiger partial charge on any atom is -0.481 e. The van der Waals surface area contributed by atoms with E-state index in [2.05, 4.69) is 11.9 Å². The van der Waals surface area contributed by atoms with Crippen LogP contribution in [0, 0.1) is 5.92 Å². The number of rotatable bonds is 5. The zero-order valence-corrected chi connectivity index (χ0v) is 9.56. The van der Waals surface area contributed by atoms with E-state index in [9.17, 15) is 9.59 Å². The number of amides is 1. The van der Waals surface area contributed by atoms with Gasteiger partial charge in [-0.25, -0.2) is 0 Å². The Morgan fingerprint density at radius 1 is 1.56 bits per heavy atom. The Morgan fingerprint density at radius 3 is 2.75 bits per heavy atom. The fourth-order valence-corrected chi connectivity index (χ4v) is 2.13. The van der Waals surface area contributed by atoms with E-state index in [0.29, 0.717) is 19.1 Å². The van der Waals surface area contributed by atoms with Crippen LogP contribution in [0.15, 0.2) is 0 Å². The van der Waals surface area contributed by atoms with Crippen LogP contribution in [0.3, 0.4) is 0 Å². The van der Waals surface area contributed by atoms with Gasteiger partial charge in [0.05, 0.1) is 5.92 Å². The Labute approximate surface area is 95.0 Å². The molecule has 2 rings (SSSR count). The third-order valence-corrected chi connectivity index (χ3v) is 3.46. The van der Waals surface area contributed by atoms with Crippen molar-refractivity contribution in [3.8, 4) is 0 Å². The summed E-state index contributed by atoms with van der Waals surface area (Å²) in [6.45, 7) is 1.89. The van der Waals surface area contributed by atoms with Crippen molar-refractivity contribution in [1.29, 1.82) is 0 Å². The van der Waals surface area contributed by atoms with Gasteiger partial charge in [0, 0.05) is 32.1 Å². The molecule has 0 bridgehead atoms. The first-order valence-corrected chi connectivity index (χ1v) is 5.78. The van der Waals surface area contributed by atoms with Crippen LogP contribution < -0.4 is 0 Å². The van der Waals surface area contributed by atoms with Gasteiger partial charge in [0.15, 0.2) is 0 Å². The lowest BCUT2D eigenvalue weighted by Crippen LogP contribution is -2.35. The van der Waals surface area contributed by atoms with Crippen LogP contribution >= 0.6 is 0 Å². The van der Waals surface area contributed by atoms with Gasteiger partial charge in [0.2, 0.25) is 5.91 Å². The quantitative estimate of drug-likeness (QED) is 0.717. The van der Waals surface area contributed by atoms with Gasteiger partial charge in [-0.15, -0.1) is 0 Å². The van der Waals surface area contributed by atoms with Crippen LogP contribution in [0.5, 0.6) is 0 Å². The summed E-state index contributed by atoms with van der Waals surface area (Å²) in [7, 11) is 2.06. The van der Waals surface area contributed by atoms with Crippen molar-refractivity contribution in [2.45, 2.75) is 25.3 Å². The lowest BCUT2D eigenvalue weighted by Gasteiger charge is -2.21. The number of hydrogen-bond acceptors (Lipinski definition) is 3. The van der Waals surface area contributed by atoms with Crippen LogP contribution in [0.2, 0.25) is 0 Å². The highest BCUT2D eigenvalue weighted by Gasteiger charge is 2.34. The maximum Gasteiger partial charge on any atom is 0.308 e. The smallest absolute Gasteiger partial charge is 0.308 e. The second-order valence-corrected chi connectivity index (χ2v) is 4.79. The Kier molecular flexibility index (Phi) is 3.14. The molecule has 1 unspecified atom stereocenters. The minimum absolute atomic E-state index is 0.0170. The normalized spacial score (nSPS) is 25.5. The highest BCUT2D eigenvalue weighted by molar-refractivity contribution is 5.86. The number of aliphatic carboxylic acids is 1. The molecule has 1 saturated carbocycles. The number of nitrogens with zero attached hydrogens (tertiary/aromatic N) is 2. The molecule has 1 aliphatic carbocycles. The van der Waals surface area contributed by atoms with Crippen LogP contribution in [-0.4, -0.2) is 59.5 Å². The number of likely N-dealkylation sites (N-methyl/N-ethyl adjacent to an activating group) is 1. The molecule has 90 valence electrons. The average molecular weight is 226 g/mol. The van der Waals surface area contributed by atoms with Crippen molar-refractivity contribution in [1.82, 2.24) is 9.80 Å². The molecule has 2 aliphatic rings. The van der Waals surface area contributed by atoms with Crippen LogP contribution in [0.1, 0.15) is 19.3 Å². The highest BCUT2D eigenvalue weighted by atomic mass is 16.4.